The molecule has 0 fully saturated rings. The van der Waals surface area contributed by atoms with Gasteiger partial charge in [0, 0.05) is 4.47 Å². The second kappa shape index (κ2) is 4.63. The van der Waals surface area contributed by atoms with E-state index in [0.717, 1.165) is 0 Å². The van der Waals surface area contributed by atoms with Crippen LogP contribution in [0, 0.1) is 0 Å². The van der Waals surface area contributed by atoms with Crippen molar-refractivity contribution in [3.8, 4) is 5.75 Å². The molecule has 0 bridgehead atoms. The van der Waals surface area contributed by atoms with Gasteiger partial charge in [0.25, 0.3) is 0 Å². The largest absolute Gasteiger partial charge is 0.573 e. The molecule has 0 unspecified atom stereocenters. The third-order valence-corrected chi connectivity index (χ3v) is 2.69. The molecule has 14 heavy (non-hydrogen) atoms. The Hall–Kier alpha value is -0.0700. The van der Waals surface area contributed by atoms with Crippen LogP contribution >= 0.6 is 37.6 Å². The van der Waals surface area contributed by atoms with E-state index in [9.17, 15) is 13.2 Å². The minimum atomic E-state index is -4.70. The van der Waals surface area contributed by atoms with E-state index in [0.29, 0.717) is 15.4 Å². The summed E-state index contributed by atoms with van der Waals surface area (Å²) < 4.78 is 40.0. The van der Waals surface area contributed by atoms with Gasteiger partial charge in [0.2, 0.25) is 0 Å². The van der Waals surface area contributed by atoms with Crippen molar-refractivity contribution in [2.24, 2.45) is 0 Å². The second-order valence-corrected chi connectivity index (χ2v) is 4.19. The average molecular weight is 308 g/mol. The van der Waals surface area contributed by atoms with Gasteiger partial charge in [-0.15, -0.1) is 13.2 Å². The van der Waals surface area contributed by atoms with Gasteiger partial charge in [-0.25, -0.2) is 0 Å². The zero-order valence-electron chi connectivity index (χ0n) is 6.44. The van der Waals surface area contributed by atoms with Crippen LogP contribution in [-0.2, 0) is 0 Å². The molecule has 7 heteroatoms. The Balaban J connectivity index is 2.97. The third-order valence-electron chi connectivity index (χ3n) is 1.21. The molecular formula is C7H3BrClF3OS. The van der Waals surface area contributed by atoms with Crippen LogP contribution in [-0.4, -0.2) is 6.36 Å². The molecule has 0 saturated heterocycles. The van der Waals surface area contributed by atoms with E-state index in [2.05, 4.69) is 20.7 Å². The number of alkyl halides is 3. The minimum Gasteiger partial charge on any atom is -0.405 e. The van der Waals surface area contributed by atoms with Crippen molar-refractivity contribution in [2.45, 2.75) is 11.3 Å². The Kier molecular flexibility index (Phi) is 3.97. The number of ether oxygens (including phenoxy) is 1. The van der Waals surface area contributed by atoms with Gasteiger partial charge >= 0.3 is 6.36 Å². The van der Waals surface area contributed by atoms with Gasteiger partial charge in [-0.1, -0.05) is 15.9 Å². The molecule has 0 amide bonds. The normalized spacial score (nSPS) is 11.5. The first kappa shape index (κ1) is 12.0. The Labute approximate surface area is 95.2 Å². The lowest BCUT2D eigenvalue weighted by atomic mass is 10.3. The number of halogens is 5. The predicted octanol–water partition coefficient (Wildman–Crippen LogP) is 4.59. The maximum atomic E-state index is 11.9. The quantitative estimate of drug-likeness (QED) is 0.790. The van der Waals surface area contributed by atoms with Crippen LogP contribution in [0.5, 0.6) is 5.75 Å². The Morgan fingerprint density at radius 3 is 2.50 bits per heavy atom. The Morgan fingerprint density at radius 1 is 1.36 bits per heavy atom. The molecule has 0 heterocycles. The van der Waals surface area contributed by atoms with Crippen LogP contribution in [0.15, 0.2) is 27.6 Å². The summed E-state index contributed by atoms with van der Waals surface area (Å²) in [5.74, 6) is -0.305. The molecule has 78 valence electrons. The van der Waals surface area contributed by atoms with Crippen LogP contribution < -0.4 is 4.74 Å². The molecule has 1 aromatic rings. The second-order valence-electron chi connectivity index (χ2n) is 2.22. The van der Waals surface area contributed by atoms with Crippen molar-refractivity contribution in [3.05, 3.63) is 22.7 Å². The number of rotatable bonds is 2. The molecule has 0 N–H and O–H groups in total. The number of hydrogen-bond acceptors (Lipinski definition) is 2. The van der Waals surface area contributed by atoms with Crippen molar-refractivity contribution in [3.63, 3.8) is 0 Å². The van der Waals surface area contributed by atoms with Gasteiger partial charge in [-0.2, -0.15) is 0 Å². The maximum Gasteiger partial charge on any atom is 0.573 e. The molecule has 1 nitrogen and oxygen atoms in total. The van der Waals surface area contributed by atoms with Crippen molar-refractivity contribution >= 4 is 37.6 Å². The van der Waals surface area contributed by atoms with E-state index < -0.39 is 6.36 Å². The summed E-state index contributed by atoms with van der Waals surface area (Å²) in [6, 6.07) is 4.08. The number of hydrogen-bond donors (Lipinski definition) is 0. The molecule has 0 aliphatic carbocycles. The molecule has 0 aromatic heterocycles. The third kappa shape index (κ3) is 3.59. The number of benzene rings is 1. The topological polar surface area (TPSA) is 9.23 Å². The van der Waals surface area contributed by atoms with Gasteiger partial charge in [0.05, 0.1) is 4.90 Å². The van der Waals surface area contributed by atoms with Crippen molar-refractivity contribution in [2.75, 3.05) is 0 Å². The summed E-state index contributed by atoms with van der Waals surface area (Å²) in [4.78, 5) is 0.207. The highest BCUT2D eigenvalue weighted by molar-refractivity contribution is 9.10. The molecule has 0 atom stereocenters. The standard InChI is InChI=1S/C7H3BrClF3OS/c8-4-1-2-5(6(3-4)14-9)13-7(10,11)12/h1-3H. The lowest BCUT2D eigenvalue weighted by Gasteiger charge is -2.11. The van der Waals surface area contributed by atoms with E-state index in [-0.39, 0.29) is 10.6 Å². The van der Waals surface area contributed by atoms with Gasteiger partial charge in [-0.3, -0.25) is 0 Å². The van der Waals surface area contributed by atoms with Crippen molar-refractivity contribution in [1.29, 1.82) is 0 Å². The molecule has 0 spiro atoms. The van der Waals surface area contributed by atoms with Gasteiger partial charge in [-0.05, 0) is 39.9 Å². The van der Waals surface area contributed by atoms with Crippen molar-refractivity contribution < 1.29 is 17.9 Å². The van der Waals surface area contributed by atoms with Crippen LogP contribution in [0.1, 0.15) is 0 Å². The fraction of sp³-hybridized carbons (Fsp3) is 0.143. The smallest absolute Gasteiger partial charge is 0.405 e. The molecule has 0 saturated carbocycles. The van der Waals surface area contributed by atoms with Gasteiger partial charge < -0.3 is 4.74 Å². The zero-order chi connectivity index (χ0) is 10.8. The highest BCUT2D eigenvalue weighted by Crippen LogP contribution is 2.36. The van der Waals surface area contributed by atoms with Crippen LogP contribution in [0.3, 0.4) is 0 Å². The summed E-state index contributed by atoms with van der Waals surface area (Å²) in [6.07, 6.45) is -4.70. The molecule has 1 aromatic carbocycles. The van der Waals surface area contributed by atoms with Crippen LogP contribution in [0.25, 0.3) is 0 Å². The van der Waals surface area contributed by atoms with Crippen LogP contribution in [0.4, 0.5) is 13.2 Å². The van der Waals surface area contributed by atoms with Gasteiger partial charge in [0.1, 0.15) is 5.75 Å². The highest BCUT2D eigenvalue weighted by Gasteiger charge is 2.32. The summed E-state index contributed by atoms with van der Waals surface area (Å²) in [7, 11) is 6.05. The fourth-order valence-electron chi connectivity index (χ4n) is 0.751. The summed E-state index contributed by atoms with van der Waals surface area (Å²) in [5.41, 5.74) is 0. The van der Waals surface area contributed by atoms with E-state index in [4.69, 9.17) is 10.7 Å². The first-order valence-corrected chi connectivity index (χ1v) is 5.70. The van der Waals surface area contributed by atoms with E-state index in [1.165, 1.54) is 18.2 Å². The summed E-state index contributed by atoms with van der Waals surface area (Å²) >= 11 is 3.11. The van der Waals surface area contributed by atoms with E-state index in [1.54, 1.807) is 0 Å². The fourth-order valence-corrected chi connectivity index (χ4v) is 1.98. The van der Waals surface area contributed by atoms with E-state index in [1.807, 2.05) is 0 Å². The first-order valence-electron chi connectivity index (χ1n) is 3.26. The first-order chi connectivity index (χ1) is 6.42. The minimum absolute atomic E-state index is 0.207. The van der Waals surface area contributed by atoms with Crippen LogP contribution in [0.2, 0.25) is 0 Å². The molecule has 0 radical (unpaired) electrons. The highest BCUT2D eigenvalue weighted by atomic mass is 79.9. The van der Waals surface area contributed by atoms with Crippen molar-refractivity contribution in [1.82, 2.24) is 0 Å². The SMILES string of the molecule is FC(F)(F)Oc1ccc(Br)cc1SCl. The zero-order valence-corrected chi connectivity index (χ0v) is 9.60. The molecule has 1 rings (SSSR count). The predicted molar refractivity (Wildman–Crippen MR) is 52.5 cm³/mol. The average Bonchev–Trinajstić information content (AvgIpc) is 2.06. The Morgan fingerprint density at radius 2 is 2.00 bits per heavy atom. The van der Waals surface area contributed by atoms with E-state index >= 15 is 0 Å². The maximum absolute atomic E-state index is 11.9. The molecule has 0 aliphatic rings. The molecular weight excluding hydrogens is 304 g/mol. The van der Waals surface area contributed by atoms with Gasteiger partial charge in [0.15, 0.2) is 0 Å². The summed E-state index contributed by atoms with van der Waals surface area (Å²) in [5, 5.41) is 0. The summed E-state index contributed by atoms with van der Waals surface area (Å²) in [6.45, 7) is 0. The Bertz CT molecular complexity index is 331. The lowest BCUT2D eigenvalue weighted by Crippen LogP contribution is -2.17. The lowest BCUT2D eigenvalue weighted by molar-refractivity contribution is -0.275. The monoisotopic (exact) mass is 306 g/mol. The molecule has 0 aliphatic heterocycles.